The van der Waals surface area contributed by atoms with Crippen molar-refractivity contribution in [3.05, 3.63) is 10.6 Å². The van der Waals surface area contributed by atoms with Gasteiger partial charge in [-0.2, -0.15) is 0 Å². The van der Waals surface area contributed by atoms with Gasteiger partial charge in [0, 0.05) is 18.0 Å². The van der Waals surface area contributed by atoms with Crippen LogP contribution in [0, 0.1) is 5.92 Å². The Hall–Kier alpha value is -1.10. The fourth-order valence-corrected chi connectivity index (χ4v) is 3.81. The largest absolute Gasteiger partial charge is 0.481 e. The monoisotopic (exact) mass is 282 g/mol. The maximum atomic E-state index is 10.9. The van der Waals surface area contributed by atoms with Gasteiger partial charge in [-0.15, -0.1) is 11.3 Å². The molecular formula is C14H22N2O2S. The minimum atomic E-state index is -0.774. The van der Waals surface area contributed by atoms with Crippen LogP contribution in [0.3, 0.4) is 0 Å². The maximum Gasteiger partial charge on any atom is 0.308 e. The van der Waals surface area contributed by atoms with Crippen LogP contribution < -0.4 is 4.90 Å². The Kier molecular flexibility index (Phi) is 4.45. The van der Waals surface area contributed by atoms with Crippen LogP contribution in [-0.4, -0.2) is 29.1 Å². The molecule has 2 rings (SSSR count). The van der Waals surface area contributed by atoms with Gasteiger partial charge >= 0.3 is 5.97 Å². The molecule has 0 aromatic carbocycles. The van der Waals surface area contributed by atoms with Gasteiger partial charge in [-0.3, -0.25) is 4.79 Å². The van der Waals surface area contributed by atoms with Crippen molar-refractivity contribution < 1.29 is 9.90 Å². The molecule has 1 atom stereocenters. The molecule has 1 aromatic rings. The molecule has 1 aliphatic rings. The van der Waals surface area contributed by atoms with Gasteiger partial charge in [-0.1, -0.05) is 20.8 Å². The van der Waals surface area contributed by atoms with Crippen molar-refractivity contribution in [2.75, 3.05) is 18.0 Å². The zero-order valence-corrected chi connectivity index (χ0v) is 12.7. The van der Waals surface area contributed by atoms with Gasteiger partial charge in [-0.05, 0) is 24.7 Å². The van der Waals surface area contributed by atoms with Gasteiger partial charge in [-0.25, -0.2) is 4.98 Å². The average Bonchev–Trinajstić information content (AvgIpc) is 2.72. The predicted octanol–water partition coefficient (Wildman–Crippen LogP) is 3.13. The molecule has 19 heavy (non-hydrogen) atoms. The highest BCUT2D eigenvalue weighted by Crippen LogP contribution is 2.33. The van der Waals surface area contributed by atoms with E-state index in [1.807, 2.05) is 0 Å². The molecule has 1 aromatic heterocycles. The van der Waals surface area contributed by atoms with Crippen molar-refractivity contribution in [2.24, 2.45) is 5.92 Å². The molecule has 0 saturated carbocycles. The van der Waals surface area contributed by atoms with E-state index >= 15 is 0 Å². The third-order valence-electron chi connectivity index (χ3n) is 3.50. The second-order valence-corrected chi connectivity index (χ2v) is 6.79. The third-order valence-corrected chi connectivity index (χ3v) is 4.63. The van der Waals surface area contributed by atoms with E-state index < -0.39 is 5.97 Å². The molecule has 106 valence electrons. The average molecular weight is 282 g/mol. The van der Waals surface area contributed by atoms with Crippen LogP contribution in [0.15, 0.2) is 0 Å². The zero-order chi connectivity index (χ0) is 14.0. The van der Waals surface area contributed by atoms with Crippen molar-refractivity contribution >= 4 is 22.4 Å². The van der Waals surface area contributed by atoms with Crippen molar-refractivity contribution in [2.45, 2.75) is 46.0 Å². The summed E-state index contributed by atoms with van der Waals surface area (Å²) >= 11 is 1.56. The van der Waals surface area contributed by atoms with E-state index in [2.05, 4.69) is 25.7 Å². The molecular weight excluding hydrogens is 260 g/mol. The molecule has 1 saturated heterocycles. The fourth-order valence-electron chi connectivity index (χ4n) is 2.56. The van der Waals surface area contributed by atoms with Crippen molar-refractivity contribution in [3.8, 4) is 0 Å². The first kappa shape index (κ1) is 14.3. The SMILES string of the molecule is CC1CCCN(c2nc(C(C)C)c(CC(=O)O)s2)C1. The summed E-state index contributed by atoms with van der Waals surface area (Å²) in [6.07, 6.45) is 2.57. The number of hydrogen-bond donors (Lipinski definition) is 1. The first-order valence-corrected chi connectivity index (χ1v) is 7.75. The summed E-state index contributed by atoms with van der Waals surface area (Å²) in [5, 5.41) is 10.0. The number of carboxylic acid groups (broad SMARTS) is 1. The molecule has 1 N–H and O–H groups in total. The Morgan fingerprint density at radius 2 is 2.32 bits per heavy atom. The standard InChI is InChI=1S/C14H22N2O2S/c1-9(2)13-11(7-12(17)18)19-14(15-13)16-6-4-5-10(3)8-16/h9-10H,4-8H2,1-3H3,(H,17,18). The van der Waals surface area contributed by atoms with E-state index in [1.54, 1.807) is 11.3 Å². The molecule has 0 amide bonds. The van der Waals surface area contributed by atoms with E-state index in [9.17, 15) is 4.79 Å². The number of rotatable bonds is 4. The van der Waals surface area contributed by atoms with Crippen LogP contribution in [-0.2, 0) is 11.2 Å². The van der Waals surface area contributed by atoms with Crippen molar-refractivity contribution in [3.63, 3.8) is 0 Å². The van der Waals surface area contributed by atoms with Crippen LogP contribution in [0.1, 0.15) is 50.1 Å². The first-order valence-electron chi connectivity index (χ1n) is 6.93. The quantitative estimate of drug-likeness (QED) is 0.922. The van der Waals surface area contributed by atoms with Gasteiger partial charge in [0.1, 0.15) is 0 Å². The van der Waals surface area contributed by atoms with Gasteiger partial charge in [0.05, 0.1) is 12.1 Å². The highest BCUT2D eigenvalue weighted by Gasteiger charge is 2.23. The maximum absolute atomic E-state index is 10.9. The van der Waals surface area contributed by atoms with Crippen LogP contribution >= 0.6 is 11.3 Å². The normalized spacial score (nSPS) is 20.0. The number of nitrogens with zero attached hydrogens (tertiary/aromatic N) is 2. The minimum Gasteiger partial charge on any atom is -0.481 e. The number of aliphatic carboxylic acids is 1. The lowest BCUT2D eigenvalue weighted by molar-refractivity contribution is -0.136. The van der Waals surface area contributed by atoms with E-state index in [0.717, 1.165) is 28.8 Å². The molecule has 0 radical (unpaired) electrons. The van der Waals surface area contributed by atoms with E-state index in [-0.39, 0.29) is 12.3 Å². The topological polar surface area (TPSA) is 53.4 Å². The first-order chi connectivity index (χ1) is 8.97. The second-order valence-electron chi connectivity index (χ2n) is 5.72. The third kappa shape index (κ3) is 3.47. The molecule has 0 bridgehead atoms. The Balaban J connectivity index is 2.23. The van der Waals surface area contributed by atoms with Gasteiger partial charge in [0.15, 0.2) is 5.13 Å². The smallest absolute Gasteiger partial charge is 0.308 e. The van der Waals surface area contributed by atoms with Gasteiger partial charge in [0.25, 0.3) is 0 Å². The van der Waals surface area contributed by atoms with Gasteiger partial charge in [0.2, 0.25) is 0 Å². The number of carboxylic acids is 1. The number of aromatic nitrogens is 1. The summed E-state index contributed by atoms with van der Waals surface area (Å²) in [6, 6.07) is 0. The highest BCUT2D eigenvalue weighted by molar-refractivity contribution is 7.15. The Morgan fingerprint density at radius 3 is 2.89 bits per heavy atom. The molecule has 1 fully saturated rings. The van der Waals surface area contributed by atoms with Crippen LogP contribution in [0.25, 0.3) is 0 Å². The molecule has 2 heterocycles. The summed E-state index contributed by atoms with van der Waals surface area (Å²) in [7, 11) is 0. The van der Waals surface area contributed by atoms with Crippen LogP contribution in [0.2, 0.25) is 0 Å². The molecule has 0 aliphatic carbocycles. The summed E-state index contributed by atoms with van der Waals surface area (Å²) < 4.78 is 0. The lowest BCUT2D eigenvalue weighted by Gasteiger charge is -2.30. The summed E-state index contributed by atoms with van der Waals surface area (Å²) in [5.41, 5.74) is 0.959. The molecule has 0 spiro atoms. The van der Waals surface area contributed by atoms with Crippen LogP contribution in [0.5, 0.6) is 0 Å². The lowest BCUT2D eigenvalue weighted by atomic mass is 10.0. The van der Waals surface area contributed by atoms with Crippen LogP contribution in [0.4, 0.5) is 5.13 Å². The fraction of sp³-hybridized carbons (Fsp3) is 0.714. The Morgan fingerprint density at radius 1 is 1.58 bits per heavy atom. The number of piperidine rings is 1. The predicted molar refractivity (Wildman–Crippen MR) is 78.2 cm³/mol. The Bertz CT molecular complexity index is 456. The van der Waals surface area contributed by atoms with Crippen molar-refractivity contribution in [1.82, 2.24) is 4.98 Å². The van der Waals surface area contributed by atoms with Crippen molar-refractivity contribution in [1.29, 1.82) is 0 Å². The highest BCUT2D eigenvalue weighted by atomic mass is 32.1. The summed E-state index contributed by atoms with van der Waals surface area (Å²) in [4.78, 5) is 18.9. The second kappa shape index (κ2) is 5.90. The molecule has 1 aliphatic heterocycles. The Labute approximate surface area is 118 Å². The zero-order valence-electron chi connectivity index (χ0n) is 11.8. The number of thiazole rings is 1. The molecule has 4 nitrogen and oxygen atoms in total. The van der Waals surface area contributed by atoms with E-state index in [0.29, 0.717) is 5.92 Å². The lowest BCUT2D eigenvalue weighted by Crippen LogP contribution is -2.34. The molecule has 5 heteroatoms. The molecule has 1 unspecified atom stereocenters. The summed E-state index contributed by atoms with van der Waals surface area (Å²) in [5.74, 6) is 0.203. The van der Waals surface area contributed by atoms with E-state index in [4.69, 9.17) is 10.1 Å². The van der Waals surface area contributed by atoms with E-state index in [1.165, 1.54) is 12.8 Å². The number of hydrogen-bond acceptors (Lipinski definition) is 4. The summed E-state index contributed by atoms with van der Waals surface area (Å²) in [6.45, 7) is 8.49. The number of carbonyl (C=O) groups is 1. The minimum absolute atomic E-state index is 0.0918. The van der Waals surface area contributed by atoms with Gasteiger partial charge < -0.3 is 10.0 Å². The number of anilines is 1.